The molecule has 1 aromatic rings. The van der Waals surface area contributed by atoms with Crippen LogP contribution in [0.25, 0.3) is 0 Å². The van der Waals surface area contributed by atoms with Crippen molar-refractivity contribution in [2.75, 3.05) is 19.7 Å². The summed E-state index contributed by atoms with van der Waals surface area (Å²) in [6, 6.07) is 8.76. The molecule has 1 saturated heterocycles. The van der Waals surface area contributed by atoms with E-state index in [1.165, 1.54) is 0 Å². The minimum absolute atomic E-state index is 0.0373. The number of hydrogen-bond acceptors (Lipinski definition) is 9. The van der Waals surface area contributed by atoms with Gasteiger partial charge in [0.1, 0.15) is 17.4 Å². The Morgan fingerprint density at radius 2 is 1.60 bits per heavy atom. The molecule has 3 aliphatic rings. The third-order valence-electron chi connectivity index (χ3n) is 10.8. The lowest BCUT2D eigenvalue weighted by molar-refractivity contribution is -0.139. The van der Waals surface area contributed by atoms with Gasteiger partial charge in [0.2, 0.25) is 5.91 Å². The van der Waals surface area contributed by atoms with Gasteiger partial charge in [-0.1, -0.05) is 50.3 Å². The summed E-state index contributed by atoms with van der Waals surface area (Å²) in [6.45, 7) is 14.9. The third-order valence-corrected chi connectivity index (χ3v) is 10.8. The molecule has 2 atom stereocenters. The van der Waals surface area contributed by atoms with Crippen LogP contribution >= 0.6 is 0 Å². The number of carbonyl (C=O) groups is 7. The second-order valence-electron chi connectivity index (χ2n) is 17.8. The molecule has 0 spiro atoms. The van der Waals surface area contributed by atoms with Crippen LogP contribution in [0.5, 0.6) is 0 Å². The number of carbonyl (C=O) groups excluding carboxylic acids is 7. The summed E-state index contributed by atoms with van der Waals surface area (Å²) in [4.78, 5) is 102. The van der Waals surface area contributed by atoms with Crippen LogP contribution in [-0.4, -0.2) is 95.2 Å². The molecule has 2 fully saturated rings. The number of nitrogens with one attached hydrogen (secondary N) is 2. The van der Waals surface area contributed by atoms with E-state index in [0.717, 1.165) is 18.4 Å². The molecule has 0 bridgehead atoms. The Bertz CT molecular complexity index is 2000. The topological polar surface area (TPSA) is 190 Å². The van der Waals surface area contributed by atoms with Gasteiger partial charge in [-0.05, 0) is 130 Å². The van der Waals surface area contributed by atoms with Crippen LogP contribution in [0, 0.1) is 11.8 Å². The van der Waals surface area contributed by atoms with Gasteiger partial charge in [-0.2, -0.15) is 4.99 Å². The molecule has 0 unspecified atom stereocenters. The zero-order valence-corrected chi connectivity index (χ0v) is 37.8. The molecule has 1 aliphatic heterocycles. The molecule has 14 nitrogen and oxygen atoms in total. The first-order valence-electron chi connectivity index (χ1n) is 22.0. The predicted octanol–water partition coefficient (Wildman–Crippen LogP) is 7.54. The average Bonchev–Trinajstić information content (AvgIpc) is 3.89. The van der Waals surface area contributed by atoms with E-state index in [4.69, 9.17) is 9.47 Å². The summed E-state index contributed by atoms with van der Waals surface area (Å²) in [5.74, 6) is -2.02. The minimum Gasteiger partial charge on any atom is -0.450 e. The van der Waals surface area contributed by atoms with Crippen LogP contribution in [0.4, 0.5) is 9.59 Å². The van der Waals surface area contributed by atoms with Crippen LogP contribution < -0.4 is 10.6 Å². The molecule has 5 amide bonds. The predicted molar refractivity (Wildman–Crippen MR) is 238 cm³/mol. The quantitative estimate of drug-likeness (QED) is 0.0804. The van der Waals surface area contributed by atoms with Crippen molar-refractivity contribution < 1.29 is 43.0 Å². The van der Waals surface area contributed by atoms with Crippen molar-refractivity contribution in [3.63, 3.8) is 0 Å². The van der Waals surface area contributed by atoms with E-state index in [9.17, 15) is 33.6 Å². The SMILES string of the molecule is CC1=C(C)C(=O)C(CCCOC(=O)NCCCCC(=NC(=O)[C@@H]2CCCN2C(=O)[C@H](/C=C/C(CC(C)C)=NC(=O)OC(C)(C)C)Cc2ccccc2)C(=O)NC2CC2)=C(C)C1=O. The molecule has 0 aromatic heterocycles. The third kappa shape index (κ3) is 15.4. The summed E-state index contributed by atoms with van der Waals surface area (Å²) in [7, 11) is 0. The van der Waals surface area contributed by atoms with Crippen LogP contribution in [0.2, 0.25) is 0 Å². The zero-order valence-electron chi connectivity index (χ0n) is 37.8. The van der Waals surface area contributed by atoms with E-state index in [1.807, 2.05) is 44.2 Å². The molecule has 1 heterocycles. The number of alkyl carbamates (subject to hydrolysis) is 1. The van der Waals surface area contributed by atoms with Crippen LogP contribution in [0.15, 0.2) is 74.8 Å². The van der Waals surface area contributed by atoms with Gasteiger partial charge >= 0.3 is 12.2 Å². The Kier molecular flexibility index (Phi) is 18.3. The van der Waals surface area contributed by atoms with Gasteiger partial charge in [-0.15, -0.1) is 0 Å². The molecule has 0 radical (unpaired) electrons. The van der Waals surface area contributed by atoms with Crippen molar-refractivity contribution in [1.82, 2.24) is 15.5 Å². The Morgan fingerprint density at radius 1 is 0.903 bits per heavy atom. The number of allylic oxidation sites excluding steroid dienone is 5. The molecule has 62 heavy (non-hydrogen) atoms. The second-order valence-corrected chi connectivity index (χ2v) is 17.8. The number of rotatable bonds is 19. The van der Waals surface area contributed by atoms with Crippen molar-refractivity contribution in [1.29, 1.82) is 0 Å². The Hall–Kier alpha value is -5.53. The fourth-order valence-corrected chi connectivity index (χ4v) is 7.26. The highest BCUT2D eigenvalue weighted by Crippen LogP contribution is 2.28. The van der Waals surface area contributed by atoms with Gasteiger partial charge in [-0.3, -0.25) is 24.0 Å². The number of ether oxygens (including phenoxy) is 2. The van der Waals surface area contributed by atoms with E-state index in [2.05, 4.69) is 20.6 Å². The summed E-state index contributed by atoms with van der Waals surface area (Å²) in [5.41, 5.74) is 2.57. The number of unbranched alkanes of at least 4 members (excludes halogenated alkanes) is 1. The monoisotopic (exact) mass is 855 g/mol. The maximum atomic E-state index is 14.4. The lowest BCUT2D eigenvalue weighted by atomic mass is 9.84. The number of Topliss-reactive ketones (excluding diaryl/α,β-unsaturated/α-hetero) is 2. The molecule has 2 aliphatic carbocycles. The van der Waals surface area contributed by atoms with Gasteiger partial charge in [0, 0.05) is 47.1 Å². The molecule has 336 valence electrons. The number of likely N-dealkylation sites (tertiary alicyclic amines) is 1. The molecular weight excluding hydrogens is 791 g/mol. The smallest absolute Gasteiger partial charge is 0.434 e. The van der Waals surface area contributed by atoms with Crippen molar-refractivity contribution in [2.45, 2.75) is 144 Å². The fraction of sp³-hybridized carbons (Fsp3) is 0.562. The van der Waals surface area contributed by atoms with Crippen molar-refractivity contribution in [3.8, 4) is 0 Å². The molecule has 1 saturated carbocycles. The number of aliphatic imine (C=N–C) groups is 2. The van der Waals surface area contributed by atoms with Crippen LogP contribution in [-0.2, 0) is 39.9 Å². The standard InChI is InChI=1S/C48H65N5O9/c1-30(2)28-37(51-47(60)62-48(6,7)8)22-21-35(29-34-16-10-9-11-17-34)45(58)53-26-14-20-40(53)44(57)52-39(43(56)50-36-23-24-36)19-12-13-25-49-46(59)61-27-15-18-38-33(5)41(54)31(3)32(4)42(38)55/h9-11,16-17,21-22,30,35-36,40H,12-15,18-20,23-29H2,1-8H3,(H,49,59)(H,50,56)/b22-21+,51-37?,52-39?/t35-,40+/m1/s1. The summed E-state index contributed by atoms with van der Waals surface area (Å²) < 4.78 is 10.7. The van der Waals surface area contributed by atoms with E-state index in [-0.39, 0.29) is 54.7 Å². The molecule has 1 aromatic carbocycles. The van der Waals surface area contributed by atoms with E-state index >= 15 is 0 Å². The average molecular weight is 856 g/mol. The van der Waals surface area contributed by atoms with Crippen LogP contribution in [0.1, 0.15) is 125 Å². The lowest BCUT2D eigenvalue weighted by Gasteiger charge is -2.26. The number of nitrogens with zero attached hydrogens (tertiary/aromatic N) is 3. The maximum Gasteiger partial charge on any atom is 0.434 e. The van der Waals surface area contributed by atoms with Gasteiger partial charge in [0.05, 0.1) is 12.5 Å². The summed E-state index contributed by atoms with van der Waals surface area (Å²) >= 11 is 0. The first kappa shape index (κ1) is 49.1. The normalized spacial score (nSPS) is 18.1. The number of ketones is 2. The largest absolute Gasteiger partial charge is 0.450 e. The molecule has 14 heteroatoms. The van der Waals surface area contributed by atoms with E-state index in [1.54, 1.807) is 58.6 Å². The number of benzene rings is 1. The summed E-state index contributed by atoms with van der Waals surface area (Å²) in [6.07, 6.45) is 7.48. The van der Waals surface area contributed by atoms with Gasteiger partial charge in [-0.25, -0.2) is 14.6 Å². The maximum absolute atomic E-state index is 14.4. The van der Waals surface area contributed by atoms with Crippen molar-refractivity contribution in [2.24, 2.45) is 21.8 Å². The highest BCUT2D eigenvalue weighted by atomic mass is 16.6. The first-order valence-corrected chi connectivity index (χ1v) is 22.0. The Labute approximate surface area is 366 Å². The van der Waals surface area contributed by atoms with E-state index < -0.39 is 41.6 Å². The highest BCUT2D eigenvalue weighted by molar-refractivity contribution is 6.40. The lowest BCUT2D eigenvalue weighted by Crippen LogP contribution is -2.44. The van der Waals surface area contributed by atoms with Gasteiger partial charge in [0.15, 0.2) is 11.6 Å². The molecule has 2 N–H and O–H groups in total. The van der Waals surface area contributed by atoms with E-state index in [0.29, 0.717) is 85.9 Å². The molecular formula is C48H65N5O9. The van der Waals surface area contributed by atoms with Crippen molar-refractivity contribution in [3.05, 3.63) is 70.3 Å². The molecule has 4 rings (SSSR count). The van der Waals surface area contributed by atoms with Gasteiger partial charge < -0.3 is 25.0 Å². The van der Waals surface area contributed by atoms with Gasteiger partial charge in [0.25, 0.3) is 11.8 Å². The zero-order chi connectivity index (χ0) is 45.6. The van der Waals surface area contributed by atoms with Crippen molar-refractivity contribution >= 4 is 52.9 Å². The minimum atomic E-state index is -0.846. The Morgan fingerprint density at radius 3 is 2.26 bits per heavy atom. The number of amides is 5. The number of hydrogen-bond donors (Lipinski definition) is 2. The Balaban J connectivity index is 1.38. The highest BCUT2D eigenvalue weighted by Gasteiger charge is 2.37. The van der Waals surface area contributed by atoms with Crippen LogP contribution in [0.3, 0.4) is 0 Å². The second kappa shape index (κ2) is 23.1. The fourth-order valence-electron chi connectivity index (χ4n) is 7.26. The first-order chi connectivity index (χ1) is 29.3. The summed E-state index contributed by atoms with van der Waals surface area (Å²) in [5, 5.41) is 5.62.